The highest BCUT2D eigenvalue weighted by molar-refractivity contribution is 5.92. The van der Waals surface area contributed by atoms with E-state index in [0.717, 1.165) is 19.6 Å². The van der Waals surface area contributed by atoms with Gasteiger partial charge in [0.15, 0.2) is 0 Å². The number of urea groups is 1. The molecule has 116 valence electrons. The van der Waals surface area contributed by atoms with E-state index >= 15 is 0 Å². The van der Waals surface area contributed by atoms with Crippen molar-refractivity contribution < 1.29 is 14.7 Å². The molecule has 1 aromatic rings. The predicted molar refractivity (Wildman–Crippen MR) is 80.6 cm³/mol. The summed E-state index contributed by atoms with van der Waals surface area (Å²) in [5.74, 6) is -1.08. The predicted octanol–water partition coefficient (Wildman–Crippen LogP) is 1.63. The number of nitrogens with one attached hydrogen (secondary N) is 2. The molecule has 0 saturated carbocycles. The van der Waals surface area contributed by atoms with Crippen LogP contribution in [-0.2, 0) is 0 Å². The Morgan fingerprint density at radius 2 is 2.00 bits per heavy atom. The number of amides is 2. The monoisotopic (exact) mass is 294 g/mol. The number of pyridine rings is 1. The summed E-state index contributed by atoms with van der Waals surface area (Å²) < 4.78 is 0. The maximum Gasteiger partial charge on any atom is 0.337 e. The number of hydrogen-bond donors (Lipinski definition) is 3. The van der Waals surface area contributed by atoms with Gasteiger partial charge in [-0.3, -0.25) is 4.98 Å². The third-order valence-corrected chi connectivity index (χ3v) is 3.05. The van der Waals surface area contributed by atoms with E-state index < -0.39 is 5.97 Å². The van der Waals surface area contributed by atoms with Crippen molar-refractivity contribution in [2.24, 2.45) is 0 Å². The molecule has 0 radical (unpaired) electrons. The number of rotatable bonds is 7. The van der Waals surface area contributed by atoms with E-state index in [4.69, 9.17) is 5.11 Å². The first-order valence-corrected chi connectivity index (χ1v) is 6.94. The summed E-state index contributed by atoms with van der Waals surface area (Å²) in [4.78, 5) is 28.7. The van der Waals surface area contributed by atoms with E-state index in [9.17, 15) is 9.59 Å². The molecule has 0 saturated heterocycles. The second kappa shape index (κ2) is 8.21. The number of carboxylic acid groups (broad SMARTS) is 1. The van der Waals surface area contributed by atoms with Crippen molar-refractivity contribution in [3.8, 4) is 0 Å². The third-order valence-electron chi connectivity index (χ3n) is 3.05. The van der Waals surface area contributed by atoms with E-state index in [1.54, 1.807) is 0 Å². The fourth-order valence-corrected chi connectivity index (χ4v) is 1.93. The Labute approximate surface area is 124 Å². The Morgan fingerprint density at radius 3 is 2.57 bits per heavy atom. The standard InChI is InChI=1S/C14H22N4O3/c1-4-18(5-2)9-10(3)16-14(21)17-12-6-11(13(19)20)7-15-8-12/h6-8,10H,4-5,9H2,1-3H3,(H,19,20)(H2,16,17,21). The Hall–Kier alpha value is -2.15. The van der Waals surface area contributed by atoms with Gasteiger partial charge in [0.1, 0.15) is 0 Å². The minimum absolute atomic E-state index is 0.0134. The van der Waals surface area contributed by atoms with Crippen LogP contribution in [0, 0.1) is 0 Å². The fraction of sp³-hybridized carbons (Fsp3) is 0.500. The zero-order valence-electron chi connectivity index (χ0n) is 12.6. The molecule has 7 heteroatoms. The molecule has 0 fully saturated rings. The topological polar surface area (TPSA) is 94.6 Å². The molecule has 0 aliphatic heterocycles. The molecule has 7 nitrogen and oxygen atoms in total. The number of likely N-dealkylation sites (N-methyl/N-ethyl adjacent to an activating group) is 1. The number of aromatic nitrogens is 1. The number of aromatic carboxylic acids is 1. The van der Waals surface area contributed by atoms with Gasteiger partial charge in [0.2, 0.25) is 0 Å². The van der Waals surface area contributed by atoms with Gasteiger partial charge < -0.3 is 20.6 Å². The third kappa shape index (κ3) is 5.78. The lowest BCUT2D eigenvalue weighted by atomic mass is 10.2. The quantitative estimate of drug-likeness (QED) is 0.710. The van der Waals surface area contributed by atoms with E-state index in [2.05, 4.69) is 34.4 Å². The molecule has 1 rings (SSSR count). The van der Waals surface area contributed by atoms with Crippen LogP contribution in [0.25, 0.3) is 0 Å². The van der Waals surface area contributed by atoms with Crippen LogP contribution in [0.3, 0.4) is 0 Å². The molecule has 21 heavy (non-hydrogen) atoms. The molecule has 2 amide bonds. The van der Waals surface area contributed by atoms with Crippen molar-refractivity contribution in [1.82, 2.24) is 15.2 Å². The van der Waals surface area contributed by atoms with Crippen LogP contribution in [0.2, 0.25) is 0 Å². The second-order valence-corrected chi connectivity index (χ2v) is 4.75. The Morgan fingerprint density at radius 1 is 1.33 bits per heavy atom. The molecule has 0 aliphatic carbocycles. The van der Waals surface area contributed by atoms with Crippen LogP contribution < -0.4 is 10.6 Å². The fourth-order valence-electron chi connectivity index (χ4n) is 1.93. The number of nitrogens with zero attached hydrogens (tertiary/aromatic N) is 2. The summed E-state index contributed by atoms with van der Waals surface area (Å²) >= 11 is 0. The van der Waals surface area contributed by atoms with Crippen LogP contribution in [0.15, 0.2) is 18.5 Å². The van der Waals surface area contributed by atoms with Gasteiger partial charge in [-0.2, -0.15) is 0 Å². The SMILES string of the molecule is CCN(CC)CC(C)NC(=O)Nc1cncc(C(=O)O)c1. The largest absolute Gasteiger partial charge is 0.478 e. The van der Waals surface area contributed by atoms with Crippen LogP contribution in [-0.4, -0.2) is 52.7 Å². The molecule has 0 aromatic carbocycles. The average molecular weight is 294 g/mol. The van der Waals surface area contributed by atoms with Gasteiger partial charge in [-0.25, -0.2) is 9.59 Å². The molecular weight excluding hydrogens is 272 g/mol. The summed E-state index contributed by atoms with van der Waals surface area (Å²) in [6.45, 7) is 8.67. The maximum atomic E-state index is 11.8. The second-order valence-electron chi connectivity index (χ2n) is 4.75. The Balaban J connectivity index is 2.53. The van der Waals surface area contributed by atoms with Gasteiger partial charge in [0, 0.05) is 18.8 Å². The number of hydrogen-bond acceptors (Lipinski definition) is 4. The highest BCUT2D eigenvalue weighted by atomic mass is 16.4. The van der Waals surface area contributed by atoms with Gasteiger partial charge in [-0.05, 0) is 26.1 Å². The van der Waals surface area contributed by atoms with Crippen LogP contribution in [0.4, 0.5) is 10.5 Å². The summed E-state index contributed by atoms with van der Waals surface area (Å²) in [6.07, 6.45) is 2.63. The van der Waals surface area contributed by atoms with E-state index in [0.29, 0.717) is 5.69 Å². The minimum Gasteiger partial charge on any atom is -0.478 e. The van der Waals surface area contributed by atoms with Crippen LogP contribution in [0.5, 0.6) is 0 Å². The summed E-state index contributed by atoms with van der Waals surface area (Å²) in [5.41, 5.74) is 0.381. The Bertz CT molecular complexity index is 489. The molecule has 0 spiro atoms. The highest BCUT2D eigenvalue weighted by Gasteiger charge is 2.11. The lowest BCUT2D eigenvalue weighted by Gasteiger charge is -2.23. The van der Waals surface area contributed by atoms with E-state index in [1.807, 2.05) is 6.92 Å². The first-order chi connectivity index (χ1) is 9.96. The Kier molecular flexibility index (Phi) is 6.61. The molecule has 1 atom stereocenters. The van der Waals surface area contributed by atoms with Gasteiger partial charge in [0.25, 0.3) is 0 Å². The number of carbonyl (C=O) groups is 2. The molecule has 1 aromatic heterocycles. The van der Waals surface area contributed by atoms with Crippen LogP contribution >= 0.6 is 0 Å². The van der Waals surface area contributed by atoms with Gasteiger partial charge in [0.05, 0.1) is 17.4 Å². The first kappa shape index (κ1) is 16.9. The van der Waals surface area contributed by atoms with Crippen molar-refractivity contribution >= 4 is 17.7 Å². The summed E-state index contributed by atoms with van der Waals surface area (Å²) in [7, 11) is 0. The van der Waals surface area contributed by atoms with Gasteiger partial charge in [-0.15, -0.1) is 0 Å². The molecule has 1 unspecified atom stereocenters. The summed E-state index contributed by atoms with van der Waals surface area (Å²) in [5, 5.41) is 14.3. The number of anilines is 1. The molecule has 0 bridgehead atoms. The molecule has 1 heterocycles. The zero-order chi connectivity index (χ0) is 15.8. The molecule has 3 N–H and O–H groups in total. The van der Waals surface area contributed by atoms with Crippen LogP contribution in [0.1, 0.15) is 31.1 Å². The van der Waals surface area contributed by atoms with Crippen molar-refractivity contribution in [2.75, 3.05) is 25.0 Å². The van der Waals surface area contributed by atoms with Crippen molar-refractivity contribution in [1.29, 1.82) is 0 Å². The summed E-state index contributed by atoms with van der Waals surface area (Å²) in [6, 6.07) is 0.976. The lowest BCUT2D eigenvalue weighted by molar-refractivity contribution is 0.0696. The minimum atomic E-state index is -1.08. The lowest BCUT2D eigenvalue weighted by Crippen LogP contribution is -2.43. The van der Waals surface area contributed by atoms with Crippen molar-refractivity contribution in [3.63, 3.8) is 0 Å². The first-order valence-electron chi connectivity index (χ1n) is 6.94. The van der Waals surface area contributed by atoms with Gasteiger partial charge in [-0.1, -0.05) is 13.8 Å². The number of carboxylic acids is 1. The average Bonchev–Trinajstić information content (AvgIpc) is 2.44. The zero-order valence-corrected chi connectivity index (χ0v) is 12.6. The number of carbonyl (C=O) groups excluding carboxylic acids is 1. The van der Waals surface area contributed by atoms with Crippen molar-refractivity contribution in [2.45, 2.75) is 26.8 Å². The maximum absolute atomic E-state index is 11.8. The molecular formula is C14H22N4O3. The van der Waals surface area contributed by atoms with E-state index in [-0.39, 0.29) is 17.6 Å². The normalized spacial score (nSPS) is 12.0. The van der Waals surface area contributed by atoms with E-state index in [1.165, 1.54) is 18.5 Å². The highest BCUT2D eigenvalue weighted by Crippen LogP contribution is 2.08. The molecule has 0 aliphatic rings. The van der Waals surface area contributed by atoms with Gasteiger partial charge >= 0.3 is 12.0 Å². The van der Waals surface area contributed by atoms with Crippen molar-refractivity contribution in [3.05, 3.63) is 24.0 Å². The smallest absolute Gasteiger partial charge is 0.337 e.